The molecule has 2 aromatic carbocycles. The minimum atomic E-state index is 0.448. The Morgan fingerprint density at radius 1 is 1.00 bits per heavy atom. The Hall–Kier alpha value is -1.60. The van der Waals surface area contributed by atoms with Crippen molar-refractivity contribution in [3.8, 4) is 0 Å². The van der Waals surface area contributed by atoms with Crippen molar-refractivity contribution >= 4 is 0 Å². The predicted octanol–water partition coefficient (Wildman–Crippen LogP) is 5.87. The second-order valence-corrected chi connectivity index (χ2v) is 6.90. The van der Waals surface area contributed by atoms with E-state index in [1.165, 1.54) is 36.8 Å². The summed E-state index contributed by atoms with van der Waals surface area (Å²) in [5, 5.41) is 0. The Kier molecular flexibility index (Phi) is 5.51. The van der Waals surface area contributed by atoms with Crippen LogP contribution in [0.4, 0.5) is 0 Å². The van der Waals surface area contributed by atoms with Crippen molar-refractivity contribution in [2.75, 3.05) is 0 Å². The van der Waals surface area contributed by atoms with Crippen LogP contribution in [0.15, 0.2) is 54.6 Å². The van der Waals surface area contributed by atoms with Gasteiger partial charge in [-0.05, 0) is 54.7 Å². The lowest BCUT2D eigenvalue weighted by Gasteiger charge is -2.41. The summed E-state index contributed by atoms with van der Waals surface area (Å²) in [4.78, 5) is 0. The van der Waals surface area contributed by atoms with Crippen molar-refractivity contribution in [3.63, 3.8) is 0 Å². The summed E-state index contributed by atoms with van der Waals surface area (Å²) in [5.74, 6) is 1.49. The zero-order chi connectivity index (χ0) is 16.1. The van der Waals surface area contributed by atoms with Crippen LogP contribution in [0.5, 0.6) is 0 Å². The molecule has 0 aromatic heterocycles. The monoisotopic (exact) mass is 308 g/mol. The van der Waals surface area contributed by atoms with Gasteiger partial charge in [0.1, 0.15) is 0 Å². The first-order chi connectivity index (χ1) is 11.3. The predicted molar refractivity (Wildman–Crippen MR) is 96.6 cm³/mol. The van der Waals surface area contributed by atoms with E-state index in [2.05, 4.69) is 68.4 Å². The molecule has 1 fully saturated rings. The lowest BCUT2D eigenvalue weighted by molar-refractivity contribution is -0.0479. The van der Waals surface area contributed by atoms with Gasteiger partial charge in [-0.15, -0.1) is 0 Å². The molecule has 3 rings (SSSR count). The fourth-order valence-electron chi connectivity index (χ4n) is 3.82. The molecule has 1 unspecified atom stereocenters. The molecule has 0 spiro atoms. The van der Waals surface area contributed by atoms with Crippen LogP contribution in [0, 0.1) is 12.8 Å². The molecule has 1 saturated carbocycles. The maximum absolute atomic E-state index is 6.09. The van der Waals surface area contributed by atoms with E-state index in [1.807, 2.05) is 0 Å². The Balaban J connectivity index is 1.55. The molecule has 1 aliphatic carbocycles. The zero-order valence-corrected chi connectivity index (χ0v) is 14.4. The zero-order valence-electron chi connectivity index (χ0n) is 14.4. The molecule has 2 aromatic rings. The molecule has 1 nitrogen and oxygen atoms in total. The van der Waals surface area contributed by atoms with Gasteiger partial charge in [0.15, 0.2) is 0 Å². The highest BCUT2D eigenvalue weighted by Crippen LogP contribution is 2.44. The van der Waals surface area contributed by atoms with Crippen molar-refractivity contribution in [1.82, 2.24) is 0 Å². The Bertz CT molecular complexity index is 598. The minimum absolute atomic E-state index is 0.448. The van der Waals surface area contributed by atoms with E-state index in [9.17, 15) is 0 Å². The van der Waals surface area contributed by atoms with Gasteiger partial charge >= 0.3 is 0 Å². The van der Waals surface area contributed by atoms with Crippen molar-refractivity contribution in [2.45, 2.75) is 58.2 Å². The van der Waals surface area contributed by atoms with E-state index in [0.717, 1.165) is 12.5 Å². The topological polar surface area (TPSA) is 9.23 Å². The average Bonchev–Trinajstić information content (AvgIpc) is 2.54. The summed E-state index contributed by atoms with van der Waals surface area (Å²) < 4.78 is 6.09. The van der Waals surface area contributed by atoms with Gasteiger partial charge in [0.05, 0.1) is 12.7 Å². The van der Waals surface area contributed by atoms with Crippen molar-refractivity contribution in [2.24, 2.45) is 5.92 Å². The molecular formula is C22H28O. The first kappa shape index (κ1) is 16.3. The third kappa shape index (κ3) is 4.03. The highest BCUT2D eigenvalue weighted by Gasteiger charge is 2.36. The van der Waals surface area contributed by atoms with E-state index < -0.39 is 0 Å². The number of hydrogen-bond acceptors (Lipinski definition) is 1. The van der Waals surface area contributed by atoms with Gasteiger partial charge in [-0.1, -0.05) is 67.9 Å². The molecule has 0 amide bonds. The summed E-state index contributed by atoms with van der Waals surface area (Å²) >= 11 is 0. The lowest BCUT2D eigenvalue weighted by atomic mass is 9.69. The van der Waals surface area contributed by atoms with Crippen molar-refractivity contribution in [3.05, 3.63) is 71.3 Å². The van der Waals surface area contributed by atoms with Crippen LogP contribution >= 0.6 is 0 Å². The molecule has 122 valence electrons. The van der Waals surface area contributed by atoms with Crippen LogP contribution in [-0.4, -0.2) is 6.10 Å². The normalized spacial score (nSPS) is 21.7. The lowest BCUT2D eigenvalue weighted by Crippen LogP contribution is -2.35. The standard InChI is InChI=1S/C22H28O/c1-3-9-22(21-13-8-7-10-17(21)2)19-14-20(15-19)23-16-18-11-5-4-6-12-18/h4-8,10-13,19-20,22H,3,9,14-16H2,1-2H3. The Labute approximate surface area is 140 Å². The smallest absolute Gasteiger partial charge is 0.0720 e. The molecule has 0 radical (unpaired) electrons. The first-order valence-corrected chi connectivity index (χ1v) is 8.99. The molecule has 0 N–H and O–H groups in total. The van der Waals surface area contributed by atoms with Crippen LogP contribution in [0.25, 0.3) is 0 Å². The quantitative estimate of drug-likeness (QED) is 0.621. The van der Waals surface area contributed by atoms with E-state index in [0.29, 0.717) is 12.0 Å². The van der Waals surface area contributed by atoms with Gasteiger partial charge in [0.25, 0.3) is 0 Å². The van der Waals surface area contributed by atoms with Crippen LogP contribution in [0.3, 0.4) is 0 Å². The van der Waals surface area contributed by atoms with E-state index in [4.69, 9.17) is 4.74 Å². The largest absolute Gasteiger partial charge is 0.374 e. The SMILES string of the molecule is CCCC(c1ccccc1C)C1CC(OCc2ccccc2)C1. The summed E-state index contributed by atoms with van der Waals surface area (Å²) in [6.45, 7) is 5.30. The van der Waals surface area contributed by atoms with E-state index in [-0.39, 0.29) is 0 Å². The summed E-state index contributed by atoms with van der Waals surface area (Å²) in [5.41, 5.74) is 4.28. The molecule has 1 aliphatic rings. The number of hydrogen-bond donors (Lipinski definition) is 0. The second kappa shape index (κ2) is 7.79. The number of aryl methyl sites for hydroxylation is 1. The number of benzene rings is 2. The third-order valence-corrected chi connectivity index (χ3v) is 5.22. The van der Waals surface area contributed by atoms with Crippen molar-refractivity contribution < 1.29 is 4.74 Å². The van der Waals surface area contributed by atoms with E-state index in [1.54, 1.807) is 5.56 Å². The van der Waals surface area contributed by atoms with Crippen LogP contribution in [-0.2, 0) is 11.3 Å². The van der Waals surface area contributed by atoms with Gasteiger partial charge in [0, 0.05) is 0 Å². The molecule has 0 heterocycles. The molecule has 0 saturated heterocycles. The number of rotatable bonds is 7. The Morgan fingerprint density at radius 3 is 2.39 bits per heavy atom. The van der Waals surface area contributed by atoms with Crippen molar-refractivity contribution in [1.29, 1.82) is 0 Å². The molecular weight excluding hydrogens is 280 g/mol. The number of ether oxygens (including phenoxy) is 1. The summed E-state index contributed by atoms with van der Waals surface area (Å²) in [7, 11) is 0. The molecule has 23 heavy (non-hydrogen) atoms. The van der Waals surface area contributed by atoms with Gasteiger partial charge in [-0.3, -0.25) is 0 Å². The molecule has 1 heteroatoms. The summed E-state index contributed by atoms with van der Waals surface area (Å²) in [6, 6.07) is 19.4. The summed E-state index contributed by atoms with van der Waals surface area (Å²) in [6.07, 6.45) is 5.42. The maximum Gasteiger partial charge on any atom is 0.0720 e. The highest BCUT2D eigenvalue weighted by molar-refractivity contribution is 5.30. The van der Waals surface area contributed by atoms with E-state index >= 15 is 0 Å². The van der Waals surface area contributed by atoms with Gasteiger partial charge < -0.3 is 4.74 Å². The van der Waals surface area contributed by atoms with Crippen LogP contribution in [0.1, 0.15) is 55.2 Å². The molecule has 0 aliphatic heterocycles. The molecule has 0 bridgehead atoms. The van der Waals surface area contributed by atoms with Gasteiger partial charge in [-0.25, -0.2) is 0 Å². The third-order valence-electron chi connectivity index (χ3n) is 5.22. The fourth-order valence-corrected chi connectivity index (χ4v) is 3.82. The maximum atomic E-state index is 6.09. The fraction of sp³-hybridized carbons (Fsp3) is 0.455. The minimum Gasteiger partial charge on any atom is -0.374 e. The average molecular weight is 308 g/mol. The van der Waals surface area contributed by atoms with Crippen LogP contribution in [0.2, 0.25) is 0 Å². The van der Waals surface area contributed by atoms with Gasteiger partial charge in [0.2, 0.25) is 0 Å². The van der Waals surface area contributed by atoms with Crippen LogP contribution < -0.4 is 0 Å². The second-order valence-electron chi connectivity index (χ2n) is 6.90. The Morgan fingerprint density at radius 2 is 1.70 bits per heavy atom. The highest BCUT2D eigenvalue weighted by atomic mass is 16.5. The first-order valence-electron chi connectivity index (χ1n) is 8.99. The molecule has 1 atom stereocenters. The van der Waals surface area contributed by atoms with Gasteiger partial charge in [-0.2, -0.15) is 0 Å².